The fourth-order valence-electron chi connectivity index (χ4n) is 1.05. The van der Waals surface area contributed by atoms with Crippen LogP contribution in [0, 0.1) is 0 Å². The first-order valence-electron chi connectivity index (χ1n) is 4.55. The first-order valence-corrected chi connectivity index (χ1v) is 4.55. The zero-order valence-electron chi connectivity index (χ0n) is 8.15. The minimum absolute atomic E-state index is 0.0162. The first-order chi connectivity index (χ1) is 6.52. The fraction of sp³-hybridized carbons (Fsp3) is 0.750. The van der Waals surface area contributed by atoms with E-state index in [-0.39, 0.29) is 18.4 Å². The minimum atomic E-state index is -0.860. The van der Waals surface area contributed by atoms with Crippen molar-refractivity contribution in [3.63, 3.8) is 0 Å². The van der Waals surface area contributed by atoms with Crippen LogP contribution in [0.2, 0.25) is 0 Å². The van der Waals surface area contributed by atoms with Crippen LogP contribution in [0.3, 0.4) is 0 Å². The molecule has 0 aromatic carbocycles. The monoisotopic (exact) mass is 202 g/mol. The molecule has 0 saturated heterocycles. The molecule has 1 atom stereocenters. The van der Waals surface area contributed by atoms with Crippen LogP contribution in [0.25, 0.3) is 0 Å². The second kappa shape index (κ2) is 7.14. The van der Waals surface area contributed by atoms with E-state index in [2.05, 4.69) is 4.99 Å². The number of nitrogens with zero attached hydrogens (tertiary/aromatic N) is 1. The predicted octanol–water partition coefficient (Wildman–Crippen LogP) is -0.768. The molecule has 82 valence electrons. The normalized spacial score (nSPS) is 12.1. The lowest BCUT2D eigenvalue weighted by atomic mass is 10.1. The summed E-state index contributed by atoms with van der Waals surface area (Å²) in [6, 6.07) is -0.272. The predicted molar refractivity (Wildman–Crippen MR) is 54.8 cm³/mol. The Hall–Kier alpha value is -1.30. The summed E-state index contributed by atoms with van der Waals surface area (Å²) < 4.78 is 0. The van der Waals surface area contributed by atoms with Crippen LogP contribution in [0.4, 0.5) is 0 Å². The molecule has 14 heavy (non-hydrogen) atoms. The van der Waals surface area contributed by atoms with Gasteiger partial charge in [0.25, 0.3) is 0 Å². The summed E-state index contributed by atoms with van der Waals surface area (Å²) in [6.45, 7) is 0.572. The number of carboxylic acids is 1. The van der Waals surface area contributed by atoms with E-state index < -0.39 is 5.97 Å². The number of aliphatic imine (C=N–C) groups is 1. The Morgan fingerprint density at radius 3 is 2.50 bits per heavy atom. The van der Waals surface area contributed by atoms with Gasteiger partial charge in [0.1, 0.15) is 0 Å². The van der Waals surface area contributed by atoms with Gasteiger partial charge in [-0.15, -0.1) is 0 Å². The maximum Gasteiger partial charge on any atom is 0.304 e. The highest BCUT2D eigenvalue weighted by atomic mass is 16.4. The number of aliphatic carboxylic acids is 1. The Morgan fingerprint density at radius 2 is 2.00 bits per heavy atom. The van der Waals surface area contributed by atoms with Crippen LogP contribution in [0.5, 0.6) is 0 Å². The van der Waals surface area contributed by atoms with Gasteiger partial charge in [0, 0.05) is 12.6 Å². The van der Waals surface area contributed by atoms with Crippen LogP contribution in [0.1, 0.15) is 25.7 Å². The zero-order valence-corrected chi connectivity index (χ0v) is 8.15. The molecular weight excluding hydrogens is 184 g/mol. The van der Waals surface area contributed by atoms with Gasteiger partial charge >= 0.3 is 5.97 Å². The minimum Gasteiger partial charge on any atom is -0.481 e. The first kappa shape index (κ1) is 12.7. The van der Waals surface area contributed by atoms with E-state index in [1.54, 1.807) is 0 Å². The Bertz CT molecular complexity index is 202. The standard InChI is InChI=1S/C8H18N4O2/c9-6(5-7(13)14)3-1-2-4-12-8(10)11/h6H,1-5,9H2,(H,13,14)(H4,10,11,12)/t6-/m0/s1. The Labute approximate surface area is 83.2 Å². The lowest BCUT2D eigenvalue weighted by molar-refractivity contribution is -0.137. The average Bonchev–Trinajstić information content (AvgIpc) is 2.01. The molecule has 0 bridgehead atoms. The van der Waals surface area contributed by atoms with E-state index >= 15 is 0 Å². The molecule has 0 heterocycles. The molecule has 0 spiro atoms. The molecular formula is C8H18N4O2. The van der Waals surface area contributed by atoms with Gasteiger partial charge in [-0.1, -0.05) is 6.42 Å². The van der Waals surface area contributed by atoms with E-state index in [0.29, 0.717) is 13.0 Å². The second-order valence-corrected chi connectivity index (χ2v) is 3.16. The van der Waals surface area contributed by atoms with Crippen molar-refractivity contribution in [2.24, 2.45) is 22.2 Å². The summed E-state index contributed by atoms with van der Waals surface area (Å²) >= 11 is 0. The van der Waals surface area contributed by atoms with Crippen molar-refractivity contribution in [2.75, 3.05) is 6.54 Å². The molecule has 0 radical (unpaired) electrons. The Balaban J connectivity index is 3.36. The average molecular weight is 202 g/mol. The molecule has 0 amide bonds. The van der Waals surface area contributed by atoms with E-state index in [1.165, 1.54) is 0 Å². The molecule has 0 fully saturated rings. The molecule has 6 nitrogen and oxygen atoms in total. The zero-order chi connectivity index (χ0) is 11.0. The summed E-state index contributed by atoms with van der Waals surface area (Å²) in [7, 11) is 0. The number of hydrogen-bond donors (Lipinski definition) is 4. The number of rotatable bonds is 7. The van der Waals surface area contributed by atoms with Crippen molar-refractivity contribution >= 4 is 11.9 Å². The van der Waals surface area contributed by atoms with Crippen LogP contribution >= 0.6 is 0 Å². The summed E-state index contributed by atoms with van der Waals surface area (Å²) in [4.78, 5) is 14.1. The van der Waals surface area contributed by atoms with Crippen LogP contribution in [-0.4, -0.2) is 29.6 Å². The quantitative estimate of drug-likeness (QED) is 0.245. The number of carbonyl (C=O) groups is 1. The number of guanidine groups is 1. The van der Waals surface area contributed by atoms with Crippen molar-refractivity contribution in [1.82, 2.24) is 0 Å². The molecule has 0 aliphatic rings. The van der Waals surface area contributed by atoms with Crippen molar-refractivity contribution in [3.05, 3.63) is 0 Å². The molecule has 0 aliphatic carbocycles. The van der Waals surface area contributed by atoms with Gasteiger partial charge in [-0.05, 0) is 12.8 Å². The number of hydrogen-bond acceptors (Lipinski definition) is 3. The molecule has 0 aromatic heterocycles. The smallest absolute Gasteiger partial charge is 0.304 e. The van der Waals surface area contributed by atoms with Crippen molar-refractivity contribution in [1.29, 1.82) is 0 Å². The molecule has 6 heteroatoms. The molecule has 0 rings (SSSR count). The molecule has 0 aromatic rings. The fourth-order valence-corrected chi connectivity index (χ4v) is 1.05. The largest absolute Gasteiger partial charge is 0.481 e. The van der Waals surface area contributed by atoms with Crippen LogP contribution in [-0.2, 0) is 4.79 Å². The van der Waals surface area contributed by atoms with E-state index in [4.69, 9.17) is 22.3 Å². The Kier molecular flexibility index (Phi) is 6.47. The van der Waals surface area contributed by atoms with Crippen LogP contribution in [0.15, 0.2) is 4.99 Å². The lowest BCUT2D eigenvalue weighted by Gasteiger charge is -2.07. The third kappa shape index (κ3) is 8.79. The van der Waals surface area contributed by atoms with Gasteiger partial charge < -0.3 is 22.3 Å². The van der Waals surface area contributed by atoms with E-state index in [9.17, 15) is 4.79 Å². The number of carboxylic acid groups (broad SMARTS) is 1. The van der Waals surface area contributed by atoms with Gasteiger partial charge in [0.05, 0.1) is 6.42 Å². The van der Waals surface area contributed by atoms with Crippen molar-refractivity contribution in [3.8, 4) is 0 Å². The van der Waals surface area contributed by atoms with Gasteiger partial charge in [0.2, 0.25) is 0 Å². The molecule has 7 N–H and O–H groups in total. The molecule has 0 aliphatic heterocycles. The number of nitrogens with two attached hydrogens (primary N) is 3. The third-order valence-corrected chi connectivity index (χ3v) is 1.71. The maximum absolute atomic E-state index is 10.3. The van der Waals surface area contributed by atoms with Crippen molar-refractivity contribution in [2.45, 2.75) is 31.7 Å². The molecule has 0 unspecified atom stereocenters. The molecule has 0 saturated carbocycles. The van der Waals surface area contributed by atoms with E-state index in [0.717, 1.165) is 12.8 Å². The van der Waals surface area contributed by atoms with Gasteiger partial charge in [-0.3, -0.25) is 9.79 Å². The topological polar surface area (TPSA) is 128 Å². The lowest BCUT2D eigenvalue weighted by Crippen LogP contribution is -2.24. The highest BCUT2D eigenvalue weighted by Crippen LogP contribution is 2.02. The highest BCUT2D eigenvalue weighted by Gasteiger charge is 2.06. The van der Waals surface area contributed by atoms with Crippen LogP contribution < -0.4 is 17.2 Å². The highest BCUT2D eigenvalue weighted by molar-refractivity contribution is 5.75. The summed E-state index contributed by atoms with van der Waals surface area (Å²) in [5.74, 6) is -0.776. The van der Waals surface area contributed by atoms with E-state index in [1.807, 2.05) is 0 Å². The number of unbranched alkanes of at least 4 members (excludes halogenated alkanes) is 1. The van der Waals surface area contributed by atoms with Gasteiger partial charge in [0.15, 0.2) is 5.96 Å². The maximum atomic E-state index is 10.3. The Morgan fingerprint density at radius 1 is 1.36 bits per heavy atom. The van der Waals surface area contributed by atoms with Gasteiger partial charge in [-0.25, -0.2) is 0 Å². The SMILES string of the molecule is NC(N)=NCCCC[C@H](N)CC(=O)O. The summed E-state index contributed by atoms with van der Waals surface area (Å²) in [5.41, 5.74) is 15.8. The third-order valence-electron chi connectivity index (χ3n) is 1.71. The van der Waals surface area contributed by atoms with Crippen molar-refractivity contribution < 1.29 is 9.90 Å². The summed E-state index contributed by atoms with van der Waals surface area (Å²) in [6.07, 6.45) is 2.37. The second-order valence-electron chi connectivity index (χ2n) is 3.16. The van der Waals surface area contributed by atoms with Gasteiger partial charge in [-0.2, -0.15) is 0 Å². The summed E-state index contributed by atoms with van der Waals surface area (Å²) in [5, 5.41) is 8.42.